The Hall–Kier alpha value is -5.56. The number of hydrogen-bond donors (Lipinski definition) is 2. The van der Waals surface area contributed by atoms with Crippen molar-refractivity contribution >= 4 is 40.7 Å². The SMILES string of the molecule is C=CC(=O)Nc1cc(Nc2nc(-c3ccnc(N4CCn5c(cc6c5CC(C)(C)C6)C4=O)c3C)cn(C)c2=O)ccc1C1C(=O)N(C)CCN1C. The van der Waals surface area contributed by atoms with Crippen molar-refractivity contribution in [3.8, 4) is 11.3 Å². The van der Waals surface area contributed by atoms with Gasteiger partial charge in [-0.1, -0.05) is 26.5 Å². The molecular weight excluding hydrogens is 646 g/mol. The molecule has 0 radical (unpaired) electrons. The van der Waals surface area contributed by atoms with E-state index >= 15 is 0 Å². The van der Waals surface area contributed by atoms with Crippen LogP contribution in [-0.4, -0.2) is 80.4 Å². The van der Waals surface area contributed by atoms with Crippen molar-refractivity contribution in [2.45, 2.75) is 46.2 Å². The standard InChI is InChI=1S/C38H43N9O4/c1-8-31(48)41-27-18-24(9-10-26(27)32-36(50)44(6)14-13-43(32)5)40-33-37(51)45(7)21-28(42-33)25-11-12-39-34(22(25)2)47-16-15-46-29(35(47)49)17-23-19-38(3,4)20-30(23)46/h8-12,17-18,21,32H,1,13-16,19-20H2,2-7H3,(H,40,42)(H,41,48). The zero-order valence-corrected chi connectivity index (χ0v) is 29.9. The fraction of sp³-hybridized carbons (Fsp3) is 0.368. The van der Waals surface area contributed by atoms with Crippen LogP contribution in [0.5, 0.6) is 0 Å². The lowest BCUT2D eigenvalue weighted by Crippen LogP contribution is -2.49. The van der Waals surface area contributed by atoms with Crippen LogP contribution in [0.2, 0.25) is 0 Å². The van der Waals surface area contributed by atoms with E-state index in [1.54, 1.807) is 54.5 Å². The number of carbonyl (C=O) groups is 3. The highest BCUT2D eigenvalue weighted by atomic mass is 16.2. The Labute approximate surface area is 296 Å². The van der Waals surface area contributed by atoms with Gasteiger partial charge in [-0.25, -0.2) is 9.97 Å². The van der Waals surface area contributed by atoms with Crippen LogP contribution in [-0.2, 0) is 36.0 Å². The van der Waals surface area contributed by atoms with Crippen molar-refractivity contribution in [2.75, 3.05) is 49.3 Å². The smallest absolute Gasteiger partial charge is 0.293 e. The number of nitrogens with zero attached hydrogens (tertiary/aromatic N) is 7. The lowest BCUT2D eigenvalue weighted by molar-refractivity contribution is -0.139. The maximum absolute atomic E-state index is 13.9. The number of aryl methyl sites for hydroxylation is 1. The Kier molecular flexibility index (Phi) is 8.41. The van der Waals surface area contributed by atoms with Crippen molar-refractivity contribution in [3.05, 3.63) is 93.8 Å². The summed E-state index contributed by atoms with van der Waals surface area (Å²) in [6.07, 6.45) is 6.41. The Morgan fingerprint density at radius 1 is 1.02 bits per heavy atom. The number of anilines is 4. The second kappa shape index (κ2) is 12.6. The fourth-order valence-electron chi connectivity index (χ4n) is 7.62. The molecule has 1 atom stereocenters. The van der Waals surface area contributed by atoms with Gasteiger partial charge in [0.15, 0.2) is 5.82 Å². The van der Waals surface area contributed by atoms with Gasteiger partial charge in [0.1, 0.15) is 17.6 Å². The molecule has 4 aromatic rings. The third kappa shape index (κ3) is 6.01. The summed E-state index contributed by atoms with van der Waals surface area (Å²) in [6, 6.07) is 8.50. The third-order valence-electron chi connectivity index (χ3n) is 10.3. The van der Waals surface area contributed by atoms with Crippen LogP contribution >= 0.6 is 0 Å². The second-order valence-electron chi connectivity index (χ2n) is 14.6. The number of rotatable bonds is 7. The molecule has 1 unspecified atom stereocenters. The molecule has 1 aromatic carbocycles. The summed E-state index contributed by atoms with van der Waals surface area (Å²) in [5.41, 5.74) is 6.60. The summed E-state index contributed by atoms with van der Waals surface area (Å²) in [4.78, 5) is 67.7. The number of amides is 3. The molecule has 0 bridgehead atoms. The summed E-state index contributed by atoms with van der Waals surface area (Å²) < 4.78 is 3.63. The topological polar surface area (TPSA) is 138 Å². The fourth-order valence-corrected chi connectivity index (χ4v) is 7.62. The zero-order chi connectivity index (χ0) is 36.4. The van der Waals surface area contributed by atoms with E-state index in [2.05, 4.69) is 46.7 Å². The maximum atomic E-state index is 13.9. The number of nitrogens with one attached hydrogen (secondary N) is 2. The van der Waals surface area contributed by atoms with Crippen LogP contribution in [0, 0.1) is 12.3 Å². The average molecular weight is 690 g/mol. The number of hydrogen-bond acceptors (Lipinski definition) is 8. The quantitative estimate of drug-likeness (QED) is 0.278. The Morgan fingerprint density at radius 2 is 1.80 bits per heavy atom. The molecule has 1 saturated heterocycles. The molecule has 13 heteroatoms. The average Bonchev–Trinajstić information content (AvgIpc) is 3.58. The molecule has 5 heterocycles. The van der Waals surface area contributed by atoms with Gasteiger partial charge in [0.2, 0.25) is 11.8 Å². The molecule has 264 valence electrons. The van der Waals surface area contributed by atoms with E-state index in [0.29, 0.717) is 60.3 Å². The van der Waals surface area contributed by atoms with E-state index in [1.165, 1.54) is 15.8 Å². The summed E-state index contributed by atoms with van der Waals surface area (Å²) in [7, 11) is 5.28. The summed E-state index contributed by atoms with van der Waals surface area (Å²) in [5, 5.41) is 5.98. The lowest BCUT2D eigenvalue weighted by Gasteiger charge is -2.37. The maximum Gasteiger partial charge on any atom is 0.293 e. The van der Waals surface area contributed by atoms with E-state index in [4.69, 9.17) is 4.98 Å². The molecule has 7 rings (SSSR count). The number of benzene rings is 1. The normalized spacial score (nSPS) is 18.4. The van der Waals surface area contributed by atoms with Gasteiger partial charge in [-0.05, 0) is 68.1 Å². The first-order chi connectivity index (χ1) is 24.3. The van der Waals surface area contributed by atoms with Gasteiger partial charge in [-0.2, -0.15) is 0 Å². The number of likely N-dealkylation sites (N-methyl/N-ethyl adjacent to an activating group) is 2. The first-order valence-electron chi connectivity index (χ1n) is 17.1. The van der Waals surface area contributed by atoms with Gasteiger partial charge in [0, 0.05) is 86.4 Å². The van der Waals surface area contributed by atoms with Crippen LogP contribution in [0.25, 0.3) is 11.3 Å². The monoisotopic (exact) mass is 689 g/mol. The summed E-state index contributed by atoms with van der Waals surface area (Å²) >= 11 is 0. The lowest BCUT2D eigenvalue weighted by atomic mass is 9.90. The third-order valence-corrected chi connectivity index (χ3v) is 10.3. The Morgan fingerprint density at radius 3 is 2.57 bits per heavy atom. The Bertz CT molecular complexity index is 2180. The van der Waals surface area contributed by atoms with Crippen molar-refractivity contribution in [2.24, 2.45) is 12.5 Å². The highest BCUT2D eigenvalue weighted by Gasteiger charge is 2.38. The number of aromatic nitrogens is 4. The molecular formula is C38H43N9O4. The molecule has 0 saturated carbocycles. The minimum Gasteiger partial charge on any atom is -0.343 e. The van der Waals surface area contributed by atoms with Gasteiger partial charge >= 0.3 is 0 Å². The Balaban J connectivity index is 1.20. The molecule has 13 nitrogen and oxygen atoms in total. The number of pyridine rings is 1. The van der Waals surface area contributed by atoms with Crippen LogP contribution in [0.3, 0.4) is 0 Å². The van der Waals surface area contributed by atoms with Gasteiger partial charge < -0.3 is 24.7 Å². The molecule has 3 amide bonds. The minimum absolute atomic E-state index is 0.0661. The van der Waals surface area contributed by atoms with E-state index in [9.17, 15) is 19.2 Å². The summed E-state index contributed by atoms with van der Waals surface area (Å²) in [5.74, 6) is 0.0357. The highest BCUT2D eigenvalue weighted by molar-refractivity contribution is 6.06. The predicted octanol–water partition coefficient (Wildman–Crippen LogP) is 4.05. The molecule has 1 fully saturated rings. The first kappa shape index (κ1) is 33.9. The molecule has 1 aliphatic carbocycles. The number of fused-ring (bicyclic) bond motifs is 3. The molecule has 3 aliphatic rings. The molecule has 2 aliphatic heterocycles. The largest absolute Gasteiger partial charge is 0.343 e. The van der Waals surface area contributed by atoms with E-state index in [-0.39, 0.29) is 28.6 Å². The first-order valence-corrected chi connectivity index (χ1v) is 17.1. The van der Waals surface area contributed by atoms with Crippen molar-refractivity contribution in [1.82, 2.24) is 28.9 Å². The molecule has 0 spiro atoms. The van der Waals surface area contributed by atoms with E-state index in [0.717, 1.165) is 30.0 Å². The van der Waals surface area contributed by atoms with Crippen molar-refractivity contribution in [1.29, 1.82) is 0 Å². The number of carbonyl (C=O) groups excluding carboxylic acids is 3. The molecule has 51 heavy (non-hydrogen) atoms. The van der Waals surface area contributed by atoms with Crippen LogP contribution < -0.4 is 21.1 Å². The zero-order valence-electron chi connectivity index (χ0n) is 29.9. The van der Waals surface area contributed by atoms with Gasteiger partial charge in [-0.15, -0.1) is 0 Å². The van der Waals surface area contributed by atoms with Crippen LogP contribution in [0.15, 0.2) is 60.2 Å². The molecule has 3 aromatic heterocycles. The van der Waals surface area contributed by atoms with Gasteiger partial charge in [-0.3, -0.25) is 29.0 Å². The van der Waals surface area contributed by atoms with Gasteiger partial charge in [0.05, 0.1) is 5.69 Å². The van der Waals surface area contributed by atoms with Crippen LogP contribution in [0.4, 0.5) is 23.0 Å². The second-order valence-corrected chi connectivity index (χ2v) is 14.6. The minimum atomic E-state index is -0.597. The van der Waals surface area contributed by atoms with E-state index < -0.39 is 11.9 Å². The van der Waals surface area contributed by atoms with E-state index in [1.807, 2.05) is 24.9 Å². The van der Waals surface area contributed by atoms with Gasteiger partial charge in [0.25, 0.3) is 11.5 Å². The van der Waals surface area contributed by atoms with Crippen molar-refractivity contribution in [3.63, 3.8) is 0 Å². The summed E-state index contributed by atoms with van der Waals surface area (Å²) in [6.45, 7) is 12.5. The van der Waals surface area contributed by atoms with Crippen molar-refractivity contribution < 1.29 is 14.4 Å². The highest BCUT2D eigenvalue weighted by Crippen LogP contribution is 2.40. The number of piperazine rings is 1. The van der Waals surface area contributed by atoms with Crippen LogP contribution in [0.1, 0.15) is 52.8 Å². The molecule has 2 N–H and O–H groups in total. The predicted molar refractivity (Wildman–Crippen MR) is 196 cm³/mol.